The van der Waals surface area contributed by atoms with Crippen LogP contribution in [0.3, 0.4) is 0 Å². The fourth-order valence-electron chi connectivity index (χ4n) is 3.24. The molecule has 2 N–H and O–H groups in total. The number of anilines is 1. The van der Waals surface area contributed by atoms with E-state index in [-0.39, 0.29) is 24.1 Å². The van der Waals surface area contributed by atoms with Crippen molar-refractivity contribution in [3.8, 4) is 0 Å². The first-order valence-corrected chi connectivity index (χ1v) is 7.14. The third-order valence-corrected chi connectivity index (χ3v) is 4.34. The van der Waals surface area contributed by atoms with Crippen molar-refractivity contribution in [1.29, 1.82) is 0 Å². The standard InChI is InChI=1S/C15H20FN3O.ClH/c16-12-1-3-13(4-2-12)18-14(20)9-19-8-6-15(11-19)5-7-17-10-15;/h1-4,17H,5-11H2,(H,18,20);1H. The van der Waals surface area contributed by atoms with Gasteiger partial charge in [-0.2, -0.15) is 0 Å². The molecular formula is C15H21ClFN3O. The summed E-state index contributed by atoms with van der Waals surface area (Å²) in [5.41, 5.74) is 1.03. The van der Waals surface area contributed by atoms with Gasteiger partial charge in [0.1, 0.15) is 5.82 Å². The van der Waals surface area contributed by atoms with Crippen LogP contribution in [0.2, 0.25) is 0 Å². The third kappa shape index (κ3) is 3.93. The SMILES string of the molecule is Cl.O=C(CN1CCC2(CCNC2)C1)Nc1ccc(F)cc1. The lowest BCUT2D eigenvalue weighted by Crippen LogP contribution is -2.34. The summed E-state index contributed by atoms with van der Waals surface area (Å²) in [6.07, 6.45) is 2.38. The zero-order valence-electron chi connectivity index (χ0n) is 11.9. The van der Waals surface area contributed by atoms with Crippen LogP contribution in [0, 0.1) is 11.2 Å². The summed E-state index contributed by atoms with van der Waals surface area (Å²) in [6, 6.07) is 5.87. The Kier molecular flexibility index (Phi) is 5.19. The van der Waals surface area contributed by atoms with Crippen LogP contribution in [-0.4, -0.2) is 43.5 Å². The first-order chi connectivity index (χ1) is 9.65. The molecule has 0 radical (unpaired) electrons. The third-order valence-electron chi connectivity index (χ3n) is 4.34. The molecule has 1 spiro atoms. The van der Waals surface area contributed by atoms with Gasteiger partial charge in [0.15, 0.2) is 0 Å². The van der Waals surface area contributed by atoms with Gasteiger partial charge in [-0.3, -0.25) is 9.69 Å². The molecule has 4 nitrogen and oxygen atoms in total. The lowest BCUT2D eigenvalue weighted by molar-refractivity contribution is -0.117. The second-order valence-electron chi connectivity index (χ2n) is 5.94. The highest BCUT2D eigenvalue weighted by Gasteiger charge is 2.40. The number of benzene rings is 1. The van der Waals surface area contributed by atoms with E-state index in [1.54, 1.807) is 12.1 Å². The van der Waals surface area contributed by atoms with E-state index >= 15 is 0 Å². The minimum atomic E-state index is -0.293. The Morgan fingerprint density at radius 3 is 2.76 bits per heavy atom. The number of nitrogens with one attached hydrogen (secondary N) is 2. The Hall–Kier alpha value is -1.17. The summed E-state index contributed by atoms with van der Waals surface area (Å²) < 4.78 is 12.8. The summed E-state index contributed by atoms with van der Waals surface area (Å²) >= 11 is 0. The molecule has 1 atom stereocenters. The van der Waals surface area contributed by atoms with Crippen LogP contribution in [0.1, 0.15) is 12.8 Å². The number of amides is 1. The highest BCUT2D eigenvalue weighted by atomic mass is 35.5. The van der Waals surface area contributed by atoms with Crippen LogP contribution in [0.5, 0.6) is 0 Å². The molecule has 0 aliphatic carbocycles. The van der Waals surface area contributed by atoms with Crippen molar-refractivity contribution in [2.75, 3.05) is 38.0 Å². The maximum atomic E-state index is 12.8. The van der Waals surface area contributed by atoms with Crippen molar-refractivity contribution in [1.82, 2.24) is 10.2 Å². The van der Waals surface area contributed by atoms with Crippen LogP contribution < -0.4 is 10.6 Å². The normalized spacial score (nSPS) is 25.0. The van der Waals surface area contributed by atoms with Gasteiger partial charge in [-0.1, -0.05) is 0 Å². The number of likely N-dealkylation sites (tertiary alicyclic amines) is 1. The zero-order chi connectivity index (χ0) is 14.0. The molecule has 0 saturated carbocycles. The fourth-order valence-corrected chi connectivity index (χ4v) is 3.24. The Morgan fingerprint density at radius 2 is 2.10 bits per heavy atom. The maximum Gasteiger partial charge on any atom is 0.238 e. The van der Waals surface area contributed by atoms with Gasteiger partial charge in [0.25, 0.3) is 0 Å². The second kappa shape index (κ2) is 6.73. The summed E-state index contributed by atoms with van der Waals surface area (Å²) in [5.74, 6) is -0.321. The van der Waals surface area contributed by atoms with Crippen LogP contribution in [0.15, 0.2) is 24.3 Å². The van der Waals surface area contributed by atoms with E-state index in [4.69, 9.17) is 0 Å². The highest BCUT2D eigenvalue weighted by molar-refractivity contribution is 5.92. The largest absolute Gasteiger partial charge is 0.325 e. The summed E-state index contributed by atoms with van der Waals surface area (Å²) in [5, 5.41) is 6.22. The smallest absolute Gasteiger partial charge is 0.238 e. The van der Waals surface area contributed by atoms with Gasteiger partial charge in [0.05, 0.1) is 6.54 Å². The molecule has 0 aromatic heterocycles. The van der Waals surface area contributed by atoms with E-state index in [1.807, 2.05) is 0 Å². The van der Waals surface area contributed by atoms with E-state index in [0.717, 1.165) is 26.2 Å². The molecule has 6 heteroatoms. The Labute approximate surface area is 130 Å². The molecule has 2 heterocycles. The molecule has 1 unspecified atom stereocenters. The molecular weight excluding hydrogens is 293 g/mol. The molecule has 2 aliphatic heterocycles. The molecule has 2 aliphatic rings. The summed E-state index contributed by atoms with van der Waals surface area (Å²) in [6.45, 7) is 4.56. The number of halogens is 2. The number of hydrogen-bond acceptors (Lipinski definition) is 3. The Bertz CT molecular complexity index is 488. The molecule has 2 fully saturated rings. The molecule has 116 valence electrons. The molecule has 0 bridgehead atoms. The van der Waals surface area contributed by atoms with Crippen LogP contribution in [-0.2, 0) is 4.79 Å². The lowest BCUT2D eigenvalue weighted by Gasteiger charge is -2.22. The number of carbonyl (C=O) groups is 1. The molecule has 1 aromatic rings. The number of hydrogen-bond donors (Lipinski definition) is 2. The molecule has 21 heavy (non-hydrogen) atoms. The average Bonchev–Trinajstić information content (AvgIpc) is 3.03. The van der Waals surface area contributed by atoms with Crippen molar-refractivity contribution in [2.24, 2.45) is 5.41 Å². The van der Waals surface area contributed by atoms with Crippen molar-refractivity contribution in [2.45, 2.75) is 12.8 Å². The van der Waals surface area contributed by atoms with E-state index in [9.17, 15) is 9.18 Å². The molecule has 3 rings (SSSR count). The van der Waals surface area contributed by atoms with E-state index < -0.39 is 0 Å². The van der Waals surface area contributed by atoms with Gasteiger partial charge in [-0.05, 0) is 55.6 Å². The van der Waals surface area contributed by atoms with E-state index in [2.05, 4.69) is 15.5 Å². The van der Waals surface area contributed by atoms with Crippen molar-refractivity contribution in [3.05, 3.63) is 30.1 Å². The summed E-state index contributed by atoms with van der Waals surface area (Å²) in [7, 11) is 0. The number of carbonyl (C=O) groups excluding carboxylic acids is 1. The maximum absolute atomic E-state index is 12.8. The minimum Gasteiger partial charge on any atom is -0.325 e. The lowest BCUT2D eigenvalue weighted by atomic mass is 9.87. The number of rotatable bonds is 3. The second-order valence-corrected chi connectivity index (χ2v) is 5.94. The predicted molar refractivity (Wildman–Crippen MR) is 83.3 cm³/mol. The molecule has 2 saturated heterocycles. The zero-order valence-corrected chi connectivity index (χ0v) is 12.7. The van der Waals surface area contributed by atoms with Crippen molar-refractivity contribution >= 4 is 24.0 Å². The van der Waals surface area contributed by atoms with Gasteiger partial charge in [-0.25, -0.2) is 4.39 Å². The van der Waals surface area contributed by atoms with Crippen molar-refractivity contribution < 1.29 is 9.18 Å². The predicted octanol–water partition coefficient (Wildman–Crippen LogP) is 1.87. The Morgan fingerprint density at radius 1 is 1.33 bits per heavy atom. The minimum absolute atomic E-state index is 0. The fraction of sp³-hybridized carbons (Fsp3) is 0.533. The van der Waals surface area contributed by atoms with Gasteiger partial charge < -0.3 is 10.6 Å². The quantitative estimate of drug-likeness (QED) is 0.895. The Balaban J connectivity index is 0.00000161. The monoisotopic (exact) mass is 313 g/mol. The van der Waals surface area contributed by atoms with E-state index in [1.165, 1.54) is 25.0 Å². The molecule has 1 aromatic carbocycles. The van der Waals surface area contributed by atoms with Crippen LogP contribution >= 0.6 is 12.4 Å². The first kappa shape index (κ1) is 16.2. The van der Waals surface area contributed by atoms with E-state index in [0.29, 0.717) is 17.6 Å². The van der Waals surface area contributed by atoms with Gasteiger partial charge in [0, 0.05) is 18.8 Å². The van der Waals surface area contributed by atoms with Crippen molar-refractivity contribution in [3.63, 3.8) is 0 Å². The van der Waals surface area contributed by atoms with Gasteiger partial charge in [-0.15, -0.1) is 12.4 Å². The van der Waals surface area contributed by atoms with Crippen LogP contribution in [0.4, 0.5) is 10.1 Å². The van der Waals surface area contributed by atoms with Gasteiger partial charge in [0.2, 0.25) is 5.91 Å². The van der Waals surface area contributed by atoms with Gasteiger partial charge >= 0.3 is 0 Å². The topological polar surface area (TPSA) is 44.4 Å². The summed E-state index contributed by atoms with van der Waals surface area (Å²) in [4.78, 5) is 14.2. The van der Waals surface area contributed by atoms with Crippen LogP contribution in [0.25, 0.3) is 0 Å². The average molecular weight is 314 g/mol. The molecule has 1 amide bonds. The first-order valence-electron chi connectivity index (χ1n) is 7.14. The highest BCUT2D eigenvalue weighted by Crippen LogP contribution is 2.35. The number of nitrogens with zero attached hydrogens (tertiary/aromatic N) is 1.